The van der Waals surface area contributed by atoms with Gasteiger partial charge in [0.1, 0.15) is 0 Å². The topological polar surface area (TPSA) is 51.7 Å². The molecule has 0 unspecified atom stereocenters. The lowest BCUT2D eigenvalue weighted by molar-refractivity contribution is -0.214. The minimum absolute atomic E-state index is 0.142. The minimum Gasteiger partial charge on any atom is -0.343 e. The number of hydrogen-bond donors (Lipinski definition) is 0. The summed E-state index contributed by atoms with van der Waals surface area (Å²) in [5, 5.41) is 1.13. The monoisotopic (exact) mass is 402 g/mol. The van der Waals surface area contributed by atoms with E-state index in [0.717, 1.165) is 53.5 Å². The summed E-state index contributed by atoms with van der Waals surface area (Å²) >= 11 is 0. The third-order valence-corrected chi connectivity index (χ3v) is 6.43. The fraction of sp³-hybridized carbons (Fsp3) is 0.360. The fourth-order valence-electron chi connectivity index (χ4n) is 4.86. The molecule has 0 aliphatic carbocycles. The van der Waals surface area contributed by atoms with Gasteiger partial charge in [-0.25, -0.2) is 0 Å². The first-order chi connectivity index (χ1) is 14.7. The third-order valence-electron chi connectivity index (χ3n) is 6.43. The van der Waals surface area contributed by atoms with Crippen LogP contribution in [0, 0.1) is 5.92 Å². The molecule has 1 amide bonds. The summed E-state index contributed by atoms with van der Waals surface area (Å²) in [4.78, 5) is 18.2. The molecule has 5 heteroatoms. The summed E-state index contributed by atoms with van der Waals surface area (Å²) in [6.07, 6.45) is 3.60. The van der Waals surface area contributed by atoms with Gasteiger partial charge in [0, 0.05) is 48.6 Å². The highest BCUT2D eigenvalue weighted by Crippen LogP contribution is 2.44. The number of fused-ring (bicyclic) bond motifs is 1. The molecule has 0 atom stereocenters. The van der Waals surface area contributed by atoms with Crippen LogP contribution in [0.2, 0.25) is 0 Å². The van der Waals surface area contributed by atoms with E-state index >= 15 is 0 Å². The Hall–Kier alpha value is -2.76. The van der Waals surface area contributed by atoms with E-state index in [0.29, 0.717) is 13.2 Å². The first-order valence-corrected chi connectivity index (χ1v) is 10.7. The van der Waals surface area contributed by atoms with E-state index in [1.54, 1.807) is 6.92 Å². The highest BCUT2D eigenvalue weighted by Gasteiger charge is 2.47. The number of carbonyl (C=O) groups is 1. The Balaban J connectivity index is 1.45. The van der Waals surface area contributed by atoms with Gasteiger partial charge in [0.15, 0.2) is 5.79 Å². The molecule has 0 spiro atoms. The summed E-state index contributed by atoms with van der Waals surface area (Å²) in [5.41, 5.74) is 4.31. The van der Waals surface area contributed by atoms with Gasteiger partial charge in [-0.2, -0.15) is 0 Å². The largest absolute Gasteiger partial charge is 0.343 e. The maximum atomic E-state index is 11.7. The number of pyridine rings is 1. The second-order valence-electron chi connectivity index (χ2n) is 8.10. The number of aromatic nitrogens is 1. The van der Waals surface area contributed by atoms with Crippen LogP contribution in [0.4, 0.5) is 0 Å². The fourth-order valence-corrected chi connectivity index (χ4v) is 4.86. The van der Waals surface area contributed by atoms with E-state index in [2.05, 4.69) is 53.5 Å². The van der Waals surface area contributed by atoms with Crippen molar-refractivity contribution in [3.8, 4) is 11.1 Å². The van der Waals surface area contributed by atoms with Crippen molar-refractivity contribution < 1.29 is 14.3 Å². The van der Waals surface area contributed by atoms with Crippen LogP contribution in [0.15, 0.2) is 60.8 Å². The van der Waals surface area contributed by atoms with Crippen LogP contribution in [0.25, 0.3) is 22.0 Å². The second-order valence-corrected chi connectivity index (χ2v) is 8.10. The van der Waals surface area contributed by atoms with Crippen LogP contribution in [-0.2, 0) is 20.1 Å². The molecule has 5 nitrogen and oxygen atoms in total. The van der Waals surface area contributed by atoms with E-state index < -0.39 is 5.79 Å². The smallest absolute Gasteiger partial charge is 0.219 e. The van der Waals surface area contributed by atoms with E-state index in [-0.39, 0.29) is 11.8 Å². The molecule has 3 aromatic rings. The first kappa shape index (κ1) is 19.2. The van der Waals surface area contributed by atoms with Crippen molar-refractivity contribution in [2.75, 3.05) is 26.3 Å². The zero-order valence-corrected chi connectivity index (χ0v) is 17.2. The summed E-state index contributed by atoms with van der Waals surface area (Å²) < 4.78 is 12.5. The van der Waals surface area contributed by atoms with Gasteiger partial charge < -0.3 is 14.4 Å². The molecule has 0 bridgehead atoms. The number of amides is 1. The number of hydrogen-bond acceptors (Lipinski definition) is 4. The van der Waals surface area contributed by atoms with Crippen molar-refractivity contribution in [1.82, 2.24) is 9.88 Å². The highest BCUT2D eigenvalue weighted by molar-refractivity contribution is 5.93. The molecule has 1 aromatic heterocycles. The Labute approximate surface area is 176 Å². The molecular formula is C25H26N2O3. The Morgan fingerprint density at radius 1 is 1.00 bits per heavy atom. The van der Waals surface area contributed by atoms with Crippen LogP contribution in [0.3, 0.4) is 0 Å². The Morgan fingerprint density at radius 2 is 1.70 bits per heavy atom. The molecule has 2 aliphatic heterocycles. The van der Waals surface area contributed by atoms with Crippen LogP contribution >= 0.6 is 0 Å². The average Bonchev–Trinajstić information content (AvgIpc) is 3.30. The molecular weight excluding hydrogens is 376 g/mol. The predicted octanol–water partition coefficient (Wildman–Crippen LogP) is 4.36. The lowest BCUT2D eigenvalue weighted by atomic mass is 9.83. The summed E-state index contributed by atoms with van der Waals surface area (Å²) in [5.74, 6) is -0.331. The molecule has 0 saturated carbocycles. The van der Waals surface area contributed by atoms with E-state index in [4.69, 9.17) is 9.47 Å². The van der Waals surface area contributed by atoms with Gasteiger partial charge in [0.25, 0.3) is 0 Å². The van der Waals surface area contributed by atoms with Crippen molar-refractivity contribution in [2.45, 2.75) is 25.6 Å². The SMILES string of the molecule is CC(=O)N1CCC(C2(c3ccc(-c4cccc5cccnc45)cc3)OCCO2)CC1. The number of para-hydroxylation sites is 1. The maximum Gasteiger partial charge on any atom is 0.219 e. The molecule has 2 aliphatic rings. The van der Waals surface area contributed by atoms with Gasteiger partial charge >= 0.3 is 0 Å². The molecule has 0 N–H and O–H groups in total. The van der Waals surface area contributed by atoms with Crippen molar-refractivity contribution in [1.29, 1.82) is 0 Å². The van der Waals surface area contributed by atoms with Crippen molar-refractivity contribution >= 4 is 16.8 Å². The molecule has 2 fully saturated rings. The quantitative estimate of drug-likeness (QED) is 0.653. The van der Waals surface area contributed by atoms with E-state index in [1.165, 1.54) is 0 Å². The van der Waals surface area contributed by atoms with Gasteiger partial charge in [-0.3, -0.25) is 9.78 Å². The highest BCUT2D eigenvalue weighted by atomic mass is 16.7. The predicted molar refractivity (Wildman–Crippen MR) is 116 cm³/mol. The van der Waals surface area contributed by atoms with Gasteiger partial charge in [-0.05, 0) is 24.5 Å². The van der Waals surface area contributed by atoms with Gasteiger partial charge in [0.05, 0.1) is 18.7 Å². The number of likely N-dealkylation sites (tertiary alicyclic amines) is 1. The standard InChI is InChI=1S/C25H26N2O3/c1-18(28)27-14-11-22(12-15-27)25(29-16-17-30-25)21-9-7-19(8-10-21)23-6-2-4-20-5-3-13-26-24(20)23/h2-10,13,22H,11-12,14-17H2,1H3. The van der Waals surface area contributed by atoms with Crippen molar-refractivity contribution in [3.63, 3.8) is 0 Å². The number of piperidine rings is 1. The van der Waals surface area contributed by atoms with E-state index in [1.807, 2.05) is 17.2 Å². The number of ether oxygens (including phenoxy) is 2. The summed E-state index contributed by atoms with van der Waals surface area (Å²) in [6.45, 7) is 4.35. The lowest BCUT2D eigenvalue weighted by Crippen LogP contribution is -2.45. The molecule has 0 radical (unpaired) electrons. The molecule has 5 rings (SSSR count). The Kier molecular flexibility index (Phi) is 5.01. The summed E-state index contributed by atoms with van der Waals surface area (Å²) in [7, 11) is 0. The Bertz CT molecular complexity index is 1040. The van der Waals surface area contributed by atoms with Gasteiger partial charge in [-0.1, -0.05) is 48.5 Å². The van der Waals surface area contributed by atoms with Gasteiger partial charge in [-0.15, -0.1) is 0 Å². The summed E-state index contributed by atoms with van der Waals surface area (Å²) in [6, 6.07) is 18.8. The molecule has 154 valence electrons. The van der Waals surface area contributed by atoms with Crippen LogP contribution in [0.5, 0.6) is 0 Å². The first-order valence-electron chi connectivity index (χ1n) is 10.7. The minimum atomic E-state index is -0.710. The molecule has 3 heterocycles. The number of rotatable bonds is 3. The second kappa shape index (κ2) is 7.82. The zero-order chi connectivity index (χ0) is 20.6. The normalized spacial score (nSPS) is 19.3. The van der Waals surface area contributed by atoms with Gasteiger partial charge in [0.2, 0.25) is 5.91 Å². The lowest BCUT2D eigenvalue weighted by Gasteiger charge is -2.41. The number of benzene rings is 2. The molecule has 2 aromatic carbocycles. The van der Waals surface area contributed by atoms with Crippen LogP contribution < -0.4 is 0 Å². The molecule has 2 saturated heterocycles. The maximum absolute atomic E-state index is 11.7. The van der Waals surface area contributed by atoms with E-state index in [9.17, 15) is 4.79 Å². The van der Waals surface area contributed by atoms with Crippen LogP contribution in [-0.4, -0.2) is 42.1 Å². The number of carbonyl (C=O) groups excluding carboxylic acids is 1. The molecule has 30 heavy (non-hydrogen) atoms. The third kappa shape index (κ3) is 3.28. The Morgan fingerprint density at radius 3 is 2.40 bits per heavy atom. The van der Waals surface area contributed by atoms with Crippen molar-refractivity contribution in [3.05, 3.63) is 66.4 Å². The average molecular weight is 402 g/mol. The van der Waals surface area contributed by atoms with Crippen LogP contribution in [0.1, 0.15) is 25.3 Å². The van der Waals surface area contributed by atoms with Crippen molar-refractivity contribution in [2.24, 2.45) is 5.92 Å². The zero-order valence-electron chi connectivity index (χ0n) is 17.2. The number of nitrogens with zero attached hydrogens (tertiary/aromatic N) is 2.